The monoisotopic (exact) mass is 374 g/mol. The van der Waals surface area contributed by atoms with Crippen LogP contribution < -0.4 is 19.6 Å². The number of methoxy groups -OCH3 is 3. The molecule has 3 aromatic rings. The van der Waals surface area contributed by atoms with Crippen molar-refractivity contribution in [1.29, 1.82) is 0 Å². The molecule has 1 aromatic heterocycles. The van der Waals surface area contributed by atoms with Crippen molar-refractivity contribution >= 4 is 11.0 Å². The first kappa shape index (κ1) is 18.2. The number of rotatable bonds is 4. The van der Waals surface area contributed by atoms with Crippen LogP contribution in [0.4, 0.5) is 0 Å². The molecule has 0 aliphatic heterocycles. The van der Waals surface area contributed by atoms with Gasteiger partial charge in [-0.2, -0.15) is 0 Å². The van der Waals surface area contributed by atoms with Gasteiger partial charge in [-0.3, -0.25) is 4.79 Å². The smallest absolute Gasteiger partial charge is 0.239 e. The Hall–Kier alpha value is -3.55. The van der Waals surface area contributed by atoms with E-state index < -0.39 is 5.43 Å². The molecule has 1 heterocycles. The van der Waals surface area contributed by atoms with E-state index in [1.165, 1.54) is 39.5 Å². The van der Waals surface area contributed by atoms with Gasteiger partial charge in [0.1, 0.15) is 22.5 Å². The fraction of sp³-hybridized carbons (Fsp3) is 0.211. The second-order valence-electron chi connectivity index (χ2n) is 5.77. The van der Waals surface area contributed by atoms with Gasteiger partial charge in [-0.1, -0.05) is 0 Å². The van der Waals surface area contributed by atoms with E-state index >= 15 is 0 Å². The Morgan fingerprint density at radius 3 is 1.96 bits per heavy atom. The molecule has 0 bridgehead atoms. The lowest BCUT2D eigenvalue weighted by Crippen LogP contribution is -2.09. The molecule has 8 heteroatoms. The van der Waals surface area contributed by atoms with Gasteiger partial charge in [0.15, 0.2) is 17.3 Å². The van der Waals surface area contributed by atoms with E-state index in [9.17, 15) is 20.1 Å². The topological polar surface area (TPSA) is 119 Å². The first-order valence-electron chi connectivity index (χ1n) is 7.85. The molecule has 142 valence electrons. The third kappa shape index (κ3) is 2.75. The molecule has 0 aliphatic rings. The summed E-state index contributed by atoms with van der Waals surface area (Å²) < 4.78 is 21.1. The number of phenols is 3. The van der Waals surface area contributed by atoms with Crippen molar-refractivity contribution in [3.8, 4) is 45.8 Å². The van der Waals surface area contributed by atoms with Crippen LogP contribution in [-0.2, 0) is 0 Å². The Morgan fingerprint density at radius 1 is 0.852 bits per heavy atom. The van der Waals surface area contributed by atoms with Crippen molar-refractivity contribution in [3.05, 3.63) is 34.0 Å². The van der Waals surface area contributed by atoms with E-state index in [0.29, 0.717) is 11.3 Å². The third-order valence-corrected chi connectivity index (χ3v) is 4.24. The Bertz CT molecular complexity index is 1070. The minimum atomic E-state index is -0.605. The maximum absolute atomic E-state index is 12.9. The number of hydrogen-bond acceptors (Lipinski definition) is 8. The summed E-state index contributed by atoms with van der Waals surface area (Å²) in [6.07, 6.45) is 0. The number of benzene rings is 2. The minimum Gasteiger partial charge on any atom is -0.507 e. The van der Waals surface area contributed by atoms with Crippen LogP contribution in [0, 0.1) is 6.92 Å². The summed E-state index contributed by atoms with van der Waals surface area (Å²) in [5, 5.41) is 30.3. The van der Waals surface area contributed by atoms with Gasteiger partial charge in [-0.15, -0.1) is 0 Å². The minimum absolute atomic E-state index is 0.0287. The van der Waals surface area contributed by atoms with E-state index in [-0.39, 0.29) is 51.0 Å². The summed E-state index contributed by atoms with van der Waals surface area (Å²) >= 11 is 0. The van der Waals surface area contributed by atoms with Gasteiger partial charge < -0.3 is 33.9 Å². The summed E-state index contributed by atoms with van der Waals surface area (Å²) in [6, 6.07) is 3.85. The standard InChI is InChI=1S/C19H18O8/c1-8-13(24-2)7-10(20)14-15(23)19(26-4)17(27-16(8)14)9-5-11(21)18(25-3)12(22)6-9/h5-7,20-22H,1-4H3. The number of phenolic OH excluding ortho intramolecular Hbond substituents is 3. The van der Waals surface area contributed by atoms with Crippen molar-refractivity contribution in [1.82, 2.24) is 0 Å². The Balaban J connectivity index is 2.44. The third-order valence-electron chi connectivity index (χ3n) is 4.24. The molecule has 0 radical (unpaired) electrons. The van der Waals surface area contributed by atoms with Gasteiger partial charge in [0.25, 0.3) is 0 Å². The summed E-state index contributed by atoms with van der Waals surface area (Å²) in [7, 11) is 4.00. The number of fused-ring (bicyclic) bond motifs is 1. The zero-order chi connectivity index (χ0) is 19.9. The van der Waals surface area contributed by atoms with Crippen LogP contribution in [0.15, 0.2) is 27.4 Å². The first-order chi connectivity index (χ1) is 12.8. The van der Waals surface area contributed by atoms with Crippen molar-refractivity contribution in [2.24, 2.45) is 0 Å². The molecule has 3 rings (SSSR count). The molecule has 0 saturated carbocycles. The van der Waals surface area contributed by atoms with Crippen LogP contribution in [0.3, 0.4) is 0 Å². The Labute approximate surface area is 153 Å². The van der Waals surface area contributed by atoms with E-state index in [1.807, 2.05) is 0 Å². The van der Waals surface area contributed by atoms with E-state index in [2.05, 4.69) is 0 Å². The summed E-state index contributed by atoms with van der Waals surface area (Å²) in [4.78, 5) is 12.9. The average Bonchev–Trinajstić information content (AvgIpc) is 2.63. The number of ether oxygens (including phenoxy) is 3. The van der Waals surface area contributed by atoms with Crippen LogP contribution in [0.1, 0.15) is 5.56 Å². The highest BCUT2D eigenvalue weighted by atomic mass is 16.5. The largest absolute Gasteiger partial charge is 0.507 e. The first-order valence-corrected chi connectivity index (χ1v) is 7.85. The highest BCUT2D eigenvalue weighted by Crippen LogP contribution is 2.43. The molecule has 0 fully saturated rings. The van der Waals surface area contributed by atoms with Crippen molar-refractivity contribution < 1.29 is 33.9 Å². The maximum atomic E-state index is 12.9. The summed E-state index contributed by atoms with van der Waals surface area (Å²) in [5.41, 5.74) is 0.172. The zero-order valence-electron chi connectivity index (χ0n) is 15.1. The quantitative estimate of drug-likeness (QED) is 0.638. The van der Waals surface area contributed by atoms with Gasteiger partial charge in [-0.05, 0) is 19.1 Å². The molecule has 0 unspecified atom stereocenters. The van der Waals surface area contributed by atoms with E-state index in [1.54, 1.807) is 6.92 Å². The molecule has 0 atom stereocenters. The lowest BCUT2D eigenvalue weighted by Gasteiger charge is -2.14. The predicted molar refractivity (Wildman–Crippen MR) is 97.3 cm³/mol. The number of aryl methyl sites for hydroxylation is 1. The van der Waals surface area contributed by atoms with Gasteiger partial charge in [0, 0.05) is 17.2 Å². The lowest BCUT2D eigenvalue weighted by molar-refractivity contribution is 0.344. The molecule has 0 spiro atoms. The molecular formula is C19H18O8. The van der Waals surface area contributed by atoms with Crippen LogP contribution >= 0.6 is 0 Å². The fourth-order valence-electron chi connectivity index (χ4n) is 2.96. The van der Waals surface area contributed by atoms with Crippen LogP contribution in [0.2, 0.25) is 0 Å². The fourth-order valence-corrected chi connectivity index (χ4v) is 2.96. The van der Waals surface area contributed by atoms with Crippen LogP contribution in [-0.4, -0.2) is 36.6 Å². The average molecular weight is 374 g/mol. The zero-order valence-corrected chi connectivity index (χ0v) is 15.1. The van der Waals surface area contributed by atoms with Crippen molar-refractivity contribution in [2.75, 3.05) is 21.3 Å². The van der Waals surface area contributed by atoms with Crippen molar-refractivity contribution in [3.63, 3.8) is 0 Å². The lowest BCUT2D eigenvalue weighted by atomic mass is 10.1. The summed E-state index contributed by atoms with van der Waals surface area (Å²) in [6.45, 7) is 1.67. The molecule has 0 amide bonds. The molecular weight excluding hydrogens is 356 g/mol. The Kier molecular flexibility index (Phi) is 4.49. The highest BCUT2D eigenvalue weighted by molar-refractivity contribution is 5.91. The van der Waals surface area contributed by atoms with Gasteiger partial charge in [0.2, 0.25) is 16.9 Å². The molecule has 0 aliphatic carbocycles. The Morgan fingerprint density at radius 2 is 1.44 bits per heavy atom. The van der Waals surface area contributed by atoms with Crippen LogP contribution in [0.25, 0.3) is 22.3 Å². The predicted octanol–water partition coefficient (Wildman–Crippen LogP) is 2.91. The summed E-state index contributed by atoms with van der Waals surface area (Å²) in [5.74, 6) is -1.00. The van der Waals surface area contributed by atoms with E-state index in [0.717, 1.165) is 0 Å². The molecule has 27 heavy (non-hydrogen) atoms. The number of aromatic hydroxyl groups is 3. The second-order valence-corrected chi connectivity index (χ2v) is 5.77. The molecule has 3 N–H and O–H groups in total. The van der Waals surface area contributed by atoms with Gasteiger partial charge >= 0.3 is 0 Å². The number of hydrogen-bond donors (Lipinski definition) is 3. The SMILES string of the molecule is COc1cc(O)c2c(=O)c(OC)c(-c3cc(O)c(OC)c(O)c3)oc2c1C. The maximum Gasteiger partial charge on any atom is 0.239 e. The molecule has 8 nitrogen and oxygen atoms in total. The van der Waals surface area contributed by atoms with Gasteiger partial charge in [-0.25, -0.2) is 0 Å². The van der Waals surface area contributed by atoms with Crippen LogP contribution in [0.5, 0.6) is 34.5 Å². The van der Waals surface area contributed by atoms with Gasteiger partial charge in [0.05, 0.1) is 21.3 Å². The molecule has 0 saturated heterocycles. The highest BCUT2D eigenvalue weighted by Gasteiger charge is 2.24. The van der Waals surface area contributed by atoms with E-state index in [4.69, 9.17) is 18.6 Å². The second kappa shape index (κ2) is 6.64. The van der Waals surface area contributed by atoms with Crippen molar-refractivity contribution in [2.45, 2.75) is 6.92 Å². The molecule has 2 aromatic carbocycles. The normalized spacial score (nSPS) is 10.8.